The van der Waals surface area contributed by atoms with E-state index in [9.17, 15) is 40.0 Å². The van der Waals surface area contributed by atoms with E-state index in [1.165, 1.54) is 23.1 Å². The Hall–Kier alpha value is -3.36. The second kappa shape index (κ2) is 12.7. The van der Waals surface area contributed by atoms with Crippen molar-refractivity contribution in [3.05, 3.63) is 41.7 Å². The van der Waals surface area contributed by atoms with Gasteiger partial charge in [-0.1, -0.05) is 0 Å². The van der Waals surface area contributed by atoms with Crippen LogP contribution in [0.2, 0.25) is 0 Å². The van der Waals surface area contributed by atoms with Crippen LogP contribution in [0.3, 0.4) is 0 Å². The molecular weight excluding hydrogens is 558 g/mol. The van der Waals surface area contributed by atoms with E-state index in [2.05, 4.69) is 15.1 Å². The number of hydrogen-bond acceptors (Lipinski definition) is 7. The highest BCUT2D eigenvalue weighted by Gasteiger charge is 2.38. The summed E-state index contributed by atoms with van der Waals surface area (Å²) in [4.78, 5) is 10.1. The monoisotopic (exact) mass is 584 g/mol. The molecule has 216 valence electrons. The van der Waals surface area contributed by atoms with Crippen LogP contribution in [0.5, 0.6) is 0 Å². The Balaban J connectivity index is 0.000000673. The number of likely N-dealkylation sites (tertiary alicyclic amines) is 1. The van der Waals surface area contributed by atoms with Gasteiger partial charge in [0.05, 0.1) is 34.4 Å². The number of anilines is 1. The predicted molar refractivity (Wildman–Crippen MR) is 126 cm³/mol. The van der Waals surface area contributed by atoms with Crippen LogP contribution >= 0.6 is 0 Å². The maximum atomic E-state index is 12.8. The summed E-state index contributed by atoms with van der Waals surface area (Å²) < 4.78 is 99.7. The average molecular weight is 585 g/mol. The van der Waals surface area contributed by atoms with Gasteiger partial charge in [-0.25, -0.2) is 17.9 Å². The van der Waals surface area contributed by atoms with Crippen LogP contribution in [-0.2, 0) is 21.9 Å². The lowest BCUT2D eigenvalue weighted by Gasteiger charge is -2.25. The highest BCUT2D eigenvalue weighted by molar-refractivity contribution is 7.89. The number of aryl methyl sites for hydroxylation is 1. The summed E-state index contributed by atoms with van der Waals surface area (Å²) in [5.74, 6) is -2.76. The summed E-state index contributed by atoms with van der Waals surface area (Å²) >= 11 is 0. The van der Waals surface area contributed by atoms with Gasteiger partial charge in [-0.2, -0.15) is 36.7 Å². The van der Waals surface area contributed by atoms with Crippen LogP contribution in [0.4, 0.5) is 32.0 Å². The molecule has 10 nitrogen and oxygen atoms in total. The SMILES string of the molecule is C[C@@H](Nc1cc(S(=O)(=O)NCC2CCCN2CC(F)(F)F)ccc1C#N)c1ccnn1C.O=C(O)C(F)(F)F. The molecule has 3 rings (SSSR count). The van der Waals surface area contributed by atoms with Gasteiger partial charge in [0.15, 0.2) is 0 Å². The molecule has 2 atom stereocenters. The number of halogens is 6. The van der Waals surface area contributed by atoms with Crippen molar-refractivity contribution in [2.45, 2.75) is 49.1 Å². The van der Waals surface area contributed by atoms with Gasteiger partial charge in [0, 0.05) is 25.8 Å². The number of carboxylic acids is 1. The molecule has 0 saturated carbocycles. The minimum absolute atomic E-state index is 0.0726. The molecule has 0 aliphatic carbocycles. The van der Waals surface area contributed by atoms with E-state index >= 15 is 0 Å². The Labute approximate surface area is 220 Å². The van der Waals surface area contributed by atoms with Gasteiger partial charge < -0.3 is 10.4 Å². The van der Waals surface area contributed by atoms with Crippen LogP contribution in [0, 0.1) is 11.3 Å². The van der Waals surface area contributed by atoms with E-state index < -0.39 is 40.9 Å². The fourth-order valence-electron chi connectivity index (χ4n) is 3.88. The molecule has 0 bridgehead atoms. The number of sulfonamides is 1. The fraction of sp³-hybridized carbons (Fsp3) is 0.500. The molecule has 1 aromatic heterocycles. The van der Waals surface area contributed by atoms with E-state index in [0.717, 1.165) is 5.69 Å². The second-order valence-electron chi connectivity index (χ2n) is 8.60. The smallest absolute Gasteiger partial charge is 0.475 e. The summed E-state index contributed by atoms with van der Waals surface area (Å²) in [7, 11) is -2.21. The van der Waals surface area contributed by atoms with Crippen LogP contribution < -0.4 is 10.0 Å². The van der Waals surface area contributed by atoms with E-state index in [1.807, 2.05) is 13.0 Å². The predicted octanol–water partition coefficient (Wildman–Crippen LogP) is 3.40. The van der Waals surface area contributed by atoms with Gasteiger partial charge in [0.2, 0.25) is 10.0 Å². The number of nitriles is 1. The van der Waals surface area contributed by atoms with E-state index in [-0.39, 0.29) is 29.6 Å². The topological polar surface area (TPSA) is 140 Å². The number of benzene rings is 1. The summed E-state index contributed by atoms with van der Waals surface area (Å²) in [6, 6.07) is 7.13. The van der Waals surface area contributed by atoms with Crippen LogP contribution in [0.15, 0.2) is 35.4 Å². The van der Waals surface area contributed by atoms with Crippen molar-refractivity contribution in [3.8, 4) is 6.07 Å². The molecule has 2 aromatic rings. The highest BCUT2D eigenvalue weighted by Crippen LogP contribution is 2.26. The molecule has 0 spiro atoms. The average Bonchev–Trinajstić information content (AvgIpc) is 3.44. The Kier molecular flexibility index (Phi) is 10.3. The minimum atomic E-state index is -5.08. The maximum Gasteiger partial charge on any atom is 0.490 e. The van der Waals surface area contributed by atoms with Crippen LogP contribution in [0.1, 0.15) is 37.1 Å². The Morgan fingerprint density at radius 1 is 1.26 bits per heavy atom. The zero-order valence-corrected chi connectivity index (χ0v) is 21.5. The van der Waals surface area contributed by atoms with Crippen molar-refractivity contribution in [3.63, 3.8) is 0 Å². The lowest BCUT2D eigenvalue weighted by atomic mass is 10.1. The zero-order chi connectivity index (χ0) is 29.6. The molecule has 17 heteroatoms. The number of nitrogens with zero attached hydrogens (tertiary/aromatic N) is 4. The molecule has 1 saturated heterocycles. The van der Waals surface area contributed by atoms with E-state index in [1.54, 1.807) is 24.0 Å². The molecule has 1 fully saturated rings. The van der Waals surface area contributed by atoms with Crippen molar-refractivity contribution >= 4 is 21.7 Å². The largest absolute Gasteiger partial charge is 0.490 e. The third kappa shape index (κ3) is 9.41. The van der Waals surface area contributed by atoms with Crippen LogP contribution in [-0.4, -0.2) is 72.2 Å². The van der Waals surface area contributed by atoms with Crippen LogP contribution in [0.25, 0.3) is 0 Å². The number of carbonyl (C=O) groups is 1. The number of alkyl halides is 6. The fourth-order valence-corrected chi connectivity index (χ4v) is 4.98. The van der Waals surface area contributed by atoms with Crippen molar-refractivity contribution in [2.75, 3.05) is 25.0 Å². The van der Waals surface area contributed by atoms with Gasteiger partial charge in [0.25, 0.3) is 0 Å². The lowest BCUT2D eigenvalue weighted by Crippen LogP contribution is -2.44. The summed E-state index contributed by atoms with van der Waals surface area (Å²) in [5, 5.41) is 23.8. The van der Waals surface area contributed by atoms with Crippen molar-refractivity contribution < 1.29 is 44.7 Å². The molecule has 2 heterocycles. The molecule has 1 aromatic carbocycles. The third-order valence-corrected chi connectivity index (χ3v) is 7.15. The molecule has 1 unspecified atom stereocenters. The number of carboxylic acid groups (broad SMARTS) is 1. The molecule has 1 aliphatic heterocycles. The standard InChI is InChI=1S/C20H25F3N6O2S.C2HF3O2/c1-14(19-7-8-25-28(19)2)27-18-10-17(6-5-15(18)11-24)32(30,31)26-12-16-4-3-9-29(16)13-20(21,22)23;3-2(4,5)1(6)7/h5-8,10,14,16,26-27H,3-4,9,12-13H2,1-2H3;(H,6,7)/t14-,16?;/m1./s1. The molecule has 0 radical (unpaired) electrons. The van der Waals surface area contributed by atoms with Gasteiger partial charge in [-0.15, -0.1) is 0 Å². The first kappa shape index (κ1) is 31.9. The van der Waals surface area contributed by atoms with Crippen molar-refractivity contribution in [1.82, 2.24) is 19.4 Å². The summed E-state index contributed by atoms with van der Waals surface area (Å²) in [5.41, 5.74) is 1.44. The number of rotatable bonds is 8. The van der Waals surface area contributed by atoms with Gasteiger partial charge in [0.1, 0.15) is 6.07 Å². The summed E-state index contributed by atoms with van der Waals surface area (Å²) in [6.07, 6.45) is -6.71. The molecule has 1 aliphatic rings. The van der Waals surface area contributed by atoms with Gasteiger partial charge >= 0.3 is 18.3 Å². The molecule has 39 heavy (non-hydrogen) atoms. The number of hydrogen-bond donors (Lipinski definition) is 3. The van der Waals surface area contributed by atoms with Crippen molar-refractivity contribution in [2.24, 2.45) is 7.05 Å². The van der Waals surface area contributed by atoms with Gasteiger partial charge in [-0.05, 0) is 50.6 Å². The van der Waals surface area contributed by atoms with E-state index in [4.69, 9.17) is 9.90 Å². The summed E-state index contributed by atoms with van der Waals surface area (Å²) in [6.45, 7) is 0.957. The molecule has 3 N–H and O–H groups in total. The normalized spacial score (nSPS) is 17.2. The highest BCUT2D eigenvalue weighted by atomic mass is 32.2. The third-order valence-electron chi connectivity index (χ3n) is 5.73. The molecular formula is C22H26F6N6O4S. The quantitative estimate of drug-likeness (QED) is 0.401. The first-order valence-electron chi connectivity index (χ1n) is 11.3. The molecule has 0 amide bonds. The minimum Gasteiger partial charge on any atom is -0.475 e. The van der Waals surface area contributed by atoms with Gasteiger partial charge in [-0.3, -0.25) is 9.58 Å². The first-order valence-corrected chi connectivity index (χ1v) is 12.8. The van der Waals surface area contributed by atoms with E-state index in [0.29, 0.717) is 18.5 Å². The lowest BCUT2D eigenvalue weighted by molar-refractivity contribution is -0.192. The Morgan fingerprint density at radius 3 is 2.41 bits per heavy atom. The number of aromatic nitrogens is 2. The van der Waals surface area contributed by atoms with Crippen molar-refractivity contribution in [1.29, 1.82) is 5.26 Å². The number of nitrogens with one attached hydrogen (secondary N) is 2. The number of aliphatic carboxylic acids is 1. The first-order chi connectivity index (χ1) is 17.9. The zero-order valence-electron chi connectivity index (χ0n) is 20.7. The Bertz CT molecular complexity index is 1290. The maximum absolute atomic E-state index is 12.8. The second-order valence-corrected chi connectivity index (χ2v) is 10.4. The Morgan fingerprint density at radius 2 is 1.90 bits per heavy atom.